The van der Waals surface area contributed by atoms with E-state index in [1.54, 1.807) is 0 Å². The van der Waals surface area contributed by atoms with Gasteiger partial charge in [0.25, 0.3) is 0 Å². The molecule has 0 aromatic heterocycles. The molecule has 26 heavy (non-hydrogen) atoms. The number of carboxylic acid groups (broad SMARTS) is 1. The van der Waals surface area contributed by atoms with Gasteiger partial charge in [0.15, 0.2) is 0 Å². The highest BCUT2D eigenvalue weighted by Crippen LogP contribution is 2.25. The second-order valence-electron chi connectivity index (χ2n) is 6.50. The van der Waals surface area contributed by atoms with Gasteiger partial charge in [-0.05, 0) is 49.9 Å². The second kappa shape index (κ2) is 8.59. The average Bonchev–Trinajstić information content (AvgIpc) is 3.03. The third-order valence-electron chi connectivity index (χ3n) is 4.55. The topological polar surface area (TPSA) is 104 Å². The molecule has 1 aliphatic rings. The van der Waals surface area contributed by atoms with Crippen molar-refractivity contribution < 1.29 is 27.5 Å². The summed E-state index contributed by atoms with van der Waals surface area (Å²) in [4.78, 5) is 22.9. The molecule has 0 saturated heterocycles. The fourth-order valence-corrected chi connectivity index (χ4v) is 4.22. The molecule has 0 radical (unpaired) electrons. The van der Waals surface area contributed by atoms with E-state index in [0.717, 1.165) is 16.4 Å². The number of nitrogens with zero attached hydrogens (tertiary/aromatic N) is 1. The number of hydrogen-bond acceptors (Lipinski definition) is 4. The van der Waals surface area contributed by atoms with Crippen molar-refractivity contribution >= 4 is 21.9 Å². The Balaban J connectivity index is 1.77. The Kier molecular flexibility index (Phi) is 6.71. The Labute approximate surface area is 152 Å². The molecule has 0 heterocycles. The molecule has 7 nitrogen and oxygen atoms in total. The van der Waals surface area contributed by atoms with Crippen molar-refractivity contribution in [2.45, 2.75) is 43.0 Å². The Morgan fingerprint density at radius 2 is 1.92 bits per heavy atom. The van der Waals surface area contributed by atoms with Gasteiger partial charge >= 0.3 is 5.97 Å². The smallest absolute Gasteiger partial charge is 0.306 e. The van der Waals surface area contributed by atoms with Crippen LogP contribution < -0.4 is 5.32 Å². The second-order valence-corrected chi connectivity index (χ2v) is 8.54. The van der Waals surface area contributed by atoms with Crippen LogP contribution in [0.3, 0.4) is 0 Å². The van der Waals surface area contributed by atoms with Crippen LogP contribution in [0.15, 0.2) is 29.2 Å². The van der Waals surface area contributed by atoms with Crippen LogP contribution in [0, 0.1) is 11.7 Å². The third kappa shape index (κ3) is 5.25. The molecule has 0 unspecified atom stereocenters. The van der Waals surface area contributed by atoms with Crippen LogP contribution in [0.5, 0.6) is 0 Å². The predicted molar refractivity (Wildman–Crippen MR) is 92.4 cm³/mol. The lowest BCUT2D eigenvalue weighted by atomic mass is 10.1. The van der Waals surface area contributed by atoms with Crippen LogP contribution in [0.4, 0.5) is 4.39 Å². The molecule has 1 saturated carbocycles. The summed E-state index contributed by atoms with van der Waals surface area (Å²) in [6, 6.07) is 4.43. The van der Waals surface area contributed by atoms with Crippen molar-refractivity contribution in [3.8, 4) is 0 Å². The van der Waals surface area contributed by atoms with E-state index < -0.39 is 27.7 Å². The van der Waals surface area contributed by atoms with Gasteiger partial charge in [-0.3, -0.25) is 9.59 Å². The van der Waals surface area contributed by atoms with Crippen molar-refractivity contribution in [3.05, 3.63) is 30.1 Å². The molecule has 2 N–H and O–H groups in total. The molecule has 0 bridgehead atoms. The van der Waals surface area contributed by atoms with Crippen LogP contribution in [0.25, 0.3) is 0 Å². The minimum atomic E-state index is -3.72. The lowest BCUT2D eigenvalue weighted by molar-refractivity contribution is -0.141. The van der Waals surface area contributed by atoms with Gasteiger partial charge in [0.2, 0.25) is 15.9 Å². The molecule has 2 atom stereocenters. The number of carboxylic acids is 1. The number of aliphatic carboxylic acids is 1. The zero-order valence-electron chi connectivity index (χ0n) is 14.5. The molecule has 144 valence electrons. The Hall–Kier alpha value is -2.00. The summed E-state index contributed by atoms with van der Waals surface area (Å²) < 4.78 is 38.7. The molecule has 1 fully saturated rings. The normalized spacial score (nSPS) is 20.3. The largest absolute Gasteiger partial charge is 0.481 e. The van der Waals surface area contributed by atoms with Crippen LogP contribution in [-0.2, 0) is 19.6 Å². The number of carbonyl (C=O) groups excluding carboxylic acids is 1. The zero-order chi connectivity index (χ0) is 19.3. The van der Waals surface area contributed by atoms with Crippen molar-refractivity contribution in [3.63, 3.8) is 0 Å². The SMILES string of the molecule is CN(CCCC(=O)N[C@@H]1CC[C@H](C(=O)O)C1)S(=O)(=O)c1ccc(F)cc1. The van der Waals surface area contributed by atoms with E-state index in [9.17, 15) is 22.4 Å². The summed E-state index contributed by atoms with van der Waals surface area (Å²) in [6.45, 7) is 0.148. The van der Waals surface area contributed by atoms with E-state index in [2.05, 4.69) is 5.32 Å². The minimum absolute atomic E-state index is 0.00322. The highest BCUT2D eigenvalue weighted by Gasteiger charge is 2.30. The molecule has 0 spiro atoms. The van der Waals surface area contributed by atoms with Gasteiger partial charge in [-0.25, -0.2) is 17.1 Å². The molecule has 1 aromatic carbocycles. The zero-order valence-corrected chi connectivity index (χ0v) is 15.3. The van der Waals surface area contributed by atoms with Crippen molar-refractivity contribution in [1.82, 2.24) is 9.62 Å². The minimum Gasteiger partial charge on any atom is -0.481 e. The molecule has 9 heteroatoms. The van der Waals surface area contributed by atoms with Crippen LogP contribution in [-0.4, -0.2) is 49.3 Å². The number of benzene rings is 1. The molecule has 1 aliphatic carbocycles. The highest BCUT2D eigenvalue weighted by molar-refractivity contribution is 7.89. The summed E-state index contributed by atoms with van der Waals surface area (Å²) in [7, 11) is -2.32. The van der Waals surface area contributed by atoms with Crippen molar-refractivity contribution in [1.29, 1.82) is 0 Å². The number of sulfonamides is 1. The first-order valence-electron chi connectivity index (χ1n) is 8.44. The number of nitrogens with one attached hydrogen (secondary N) is 1. The van der Waals surface area contributed by atoms with E-state index in [0.29, 0.717) is 25.7 Å². The summed E-state index contributed by atoms with van der Waals surface area (Å²) in [5, 5.41) is 11.8. The lowest BCUT2D eigenvalue weighted by Gasteiger charge is -2.17. The van der Waals surface area contributed by atoms with Gasteiger partial charge in [0.05, 0.1) is 10.8 Å². The number of hydrogen-bond donors (Lipinski definition) is 2. The van der Waals surface area contributed by atoms with E-state index in [-0.39, 0.29) is 29.8 Å². The molecule has 1 amide bonds. The standard InChI is InChI=1S/C17H23FN2O5S/c1-20(26(24,25)15-8-5-13(18)6-9-15)10-2-3-16(21)19-14-7-4-12(11-14)17(22)23/h5-6,8-9,12,14H,2-4,7,10-11H2,1H3,(H,19,21)(H,22,23)/t12-,14+/m0/s1. The van der Waals surface area contributed by atoms with Crippen molar-refractivity contribution in [2.75, 3.05) is 13.6 Å². The van der Waals surface area contributed by atoms with Gasteiger partial charge in [0, 0.05) is 26.1 Å². The molecule has 1 aromatic rings. The van der Waals surface area contributed by atoms with Crippen LogP contribution >= 0.6 is 0 Å². The molecular formula is C17H23FN2O5S. The molecular weight excluding hydrogens is 363 g/mol. The summed E-state index contributed by atoms with van der Waals surface area (Å²) in [5.41, 5.74) is 0. The first kappa shape index (κ1) is 20.3. The third-order valence-corrected chi connectivity index (χ3v) is 6.42. The molecule has 0 aliphatic heterocycles. The monoisotopic (exact) mass is 386 g/mol. The van der Waals surface area contributed by atoms with E-state index in [1.165, 1.54) is 19.2 Å². The Bertz CT molecular complexity index is 751. The highest BCUT2D eigenvalue weighted by atomic mass is 32.2. The van der Waals surface area contributed by atoms with E-state index in [4.69, 9.17) is 5.11 Å². The van der Waals surface area contributed by atoms with E-state index in [1.807, 2.05) is 0 Å². The van der Waals surface area contributed by atoms with Gasteiger partial charge in [-0.2, -0.15) is 0 Å². The number of rotatable bonds is 8. The lowest BCUT2D eigenvalue weighted by Crippen LogP contribution is -2.34. The maximum Gasteiger partial charge on any atom is 0.306 e. The molecule has 2 rings (SSSR count). The average molecular weight is 386 g/mol. The quantitative estimate of drug-likeness (QED) is 0.706. The van der Waals surface area contributed by atoms with Crippen LogP contribution in [0.1, 0.15) is 32.1 Å². The fraction of sp³-hybridized carbons (Fsp3) is 0.529. The summed E-state index contributed by atoms with van der Waals surface area (Å²) in [6.07, 6.45) is 2.11. The van der Waals surface area contributed by atoms with Gasteiger partial charge in [-0.1, -0.05) is 0 Å². The first-order chi connectivity index (χ1) is 12.2. The van der Waals surface area contributed by atoms with E-state index >= 15 is 0 Å². The predicted octanol–water partition coefficient (Wildman–Crippen LogP) is 1.60. The van der Waals surface area contributed by atoms with Crippen LogP contribution in [0.2, 0.25) is 0 Å². The van der Waals surface area contributed by atoms with Gasteiger partial charge < -0.3 is 10.4 Å². The van der Waals surface area contributed by atoms with Gasteiger partial charge in [-0.15, -0.1) is 0 Å². The first-order valence-corrected chi connectivity index (χ1v) is 9.88. The maximum absolute atomic E-state index is 12.9. The Morgan fingerprint density at radius 1 is 1.27 bits per heavy atom. The number of amides is 1. The fourth-order valence-electron chi connectivity index (χ4n) is 3.01. The summed E-state index contributed by atoms with van der Waals surface area (Å²) in [5.74, 6) is -1.98. The Morgan fingerprint density at radius 3 is 2.50 bits per heavy atom. The number of halogens is 1. The number of carbonyl (C=O) groups is 2. The maximum atomic E-state index is 12.9. The van der Waals surface area contributed by atoms with Crippen molar-refractivity contribution in [2.24, 2.45) is 5.92 Å². The summed E-state index contributed by atoms with van der Waals surface area (Å²) >= 11 is 0. The van der Waals surface area contributed by atoms with Gasteiger partial charge in [0.1, 0.15) is 5.82 Å².